The van der Waals surface area contributed by atoms with Gasteiger partial charge in [-0.2, -0.15) is 0 Å². The van der Waals surface area contributed by atoms with E-state index >= 15 is 0 Å². The summed E-state index contributed by atoms with van der Waals surface area (Å²) in [6, 6.07) is 7.46. The largest absolute Gasteiger partial charge is 0.351 e. The molecule has 0 aliphatic carbocycles. The van der Waals surface area contributed by atoms with Crippen molar-refractivity contribution in [2.24, 2.45) is 0 Å². The summed E-state index contributed by atoms with van der Waals surface area (Å²) < 4.78 is 0. The van der Waals surface area contributed by atoms with E-state index in [1.165, 1.54) is 11.3 Å². The molecule has 0 radical (unpaired) electrons. The minimum absolute atomic E-state index is 0.122. The van der Waals surface area contributed by atoms with Gasteiger partial charge in [-0.1, -0.05) is 23.8 Å². The van der Waals surface area contributed by atoms with E-state index in [1.54, 1.807) is 9.80 Å². The fourth-order valence-corrected chi connectivity index (χ4v) is 6.03. The van der Waals surface area contributed by atoms with Gasteiger partial charge in [0.15, 0.2) is 0 Å². The van der Waals surface area contributed by atoms with Crippen LogP contribution in [0.4, 0.5) is 0 Å². The van der Waals surface area contributed by atoms with E-state index in [0.717, 1.165) is 16.0 Å². The number of fused-ring (bicyclic) bond motifs is 2. The lowest BCUT2D eigenvalue weighted by molar-refractivity contribution is -0.138. The highest BCUT2D eigenvalue weighted by Gasteiger charge is 2.52. The van der Waals surface area contributed by atoms with E-state index in [9.17, 15) is 19.2 Å². The van der Waals surface area contributed by atoms with Gasteiger partial charge < -0.3 is 20.4 Å². The predicted octanol–water partition coefficient (Wildman–Crippen LogP) is 1.41. The van der Waals surface area contributed by atoms with Crippen LogP contribution in [0.1, 0.15) is 39.2 Å². The van der Waals surface area contributed by atoms with Crippen molar-refractivity contribution in [1.29, 1.82) is 0 Å². The second kappa shape index (κ2) is 8.87. The molecule has 4 heterocycles. The molecule has 0 spiro atoms. The van der Waals surface area contributed by atoms with Crippen LogP contribution in [0.15, 0.2) is 35.7 Å². The Morgan fingerprint density at radius 3 is 2.79 bits per heavy atom. The molecule has 34 heavy (non-hydrogen) atoms. The Bertz CT molecular complexity index is 1150. The first kappa shape index (κ1) is 22.6. The molecule has 4 amide bonds. The summed E-state index contributed by atoms with van der Waals surface area (Å²) in [5, 5.41) is 7.92. The number of nitrogens with zero attached hydrogens (tertiary/aromatic N) is 2. The fraction of sp³-hybridized carbons (Fsp3) is 0.440. The normalized spacial score (nSPS) is 26.1. The molecule has 1 aromatic heterocycles. The van der Waals surface area contributed by atoms with Gasteiger partial charge in [0.05, 0.1) is 12.5 Å². The average Bonchev–Trinajstić information content (AvgIpc) is 3.53. The predicted molar refractivity (Wildman–Crippen MR) is 127 cm³/mol. The van der Waals surface area contributed by atoms with Gasteiger partial charge in [-0.25, -0.2) is 0 Å². The van der Waals surface area contributed by atoms with Crippen molar-refractivity contribution >= 4 is 35.0 Å². The molecule has 3 aliphatic heterocycles. The maximum Gasteiger partial charge on any atom is 0.254 e. The van der Waals surface area contributed by atoms with Gasteiger partial charge in [-0.05, 0) is 49.8 Å². The molecule has 2 aromatic rings. The van der Waals surface area contributed by atoms with E-state index in [1.807, 2.05) is 49.6 Å². The molecule has 178 valence electrons. The highest BCUT2D eigenvalue weighted by atomic mass is 32.1. The van der Waals surface area contributed by atoms with Gasteiger partial charge in [0.2, 0.25) is 17.7 Å². The monoisotopic (exact) mass is 480 g/mol. The summed E-state index contributed by atoms with van der Waals surface area (Å²) in [6.45, 7) is 4.49. The highest BCUT2D eigenvalue weighted by Crippen LogP contribution is 2.30. The molecule has 0 unspecified atom stereocenters. The van der Waals surface area contributed by atoms with Gasteiger partial charge in [-0.15, -0.1) is 11.3 Å². The van der Waals surface area contributed by atoms with Crippen LogP contribution in [0, 0.1) is 13.8 Å². The Balaban J connectivity index is 1.33. The number of nitrogens with one attached hydrogen (secondary N) is 2. The molecule has 3 saturated heterocycles. The van der Waals surface area contributed by atoms with Crippen molar-refractivity contribution in [3.63, 3.8) is 0 Å². The third kappa shape index (κ3) is 4.09. The first-order chi connectivity index (χ1) is 16.3. The van der Waals surface area contributed by atoms with E-state index in [4.69, 9.17) is 0 Å². The molecule has 9 heteroatoms. The summed E-state index contributed by atoms with van der Waals surface area (Å²) >= 11 is 1.52. The maximum atomic E-state index is 13.7. The quantitative estimate of drug-likeness (QED) is 0.691. The van der Waals surface area contributed by atoms with E-state index in [2.05, 4.69) is 10.6 Å². The summed E-state index contributed by atoms with van der Waals surface area (Å²) in [5.41, 5.74) is 2.42. The molecule has 0 saturated carbocycles. The number of hydrogen-bond donors (Lipinski definition) is 2. The van der Waals surface area contributed by atoms with Crippen molar-refractivity contribution in [1.82, 2.24) is 20.4 Å². The van der Waals surface area contributed by atoms with Crippen LogP contribution in [-0.2, 0) is 20.8 Å². The zero-order valence-electron chi connectivity index (χ0n) is 19.2. The Hall–Kier alpha value is -3.20. The van der Waals surface area contributed by atoms with Crippen molar-refractivity contribution in [3.8, 4) is 0 Å². The van der Waals surface area contributed by atoms with E-state index in [-0.39, 0.29) is 42.6 Å². The van der Waals surface area contributed by atoms with Crippen molar-refractivity contribution in [3.05, 3.63) is 57.3 Å². The lowest BCUT2D eigenvalue weighted by Crippen LogP contribution is -2.52. The van der Waals surface area contributed by atoms with Gasteiger partial charge in [-0.3, -0.25) is 19.2 Å². The average molecular weight is 481 g/mol. The van der Waals surface area contributed by atoms with Crippen molar-refractivity contribution in [2.45, 2.75) is 57.3 Å². The van der Waals surface area contributed by atoms with Crippen molar-refractivity contribution < 1.29 is 19.2 Å². The van der Waals surface area contributed by atoms with Crippen LogP contribution in [0.5, 0.6) is 0 Å². The van der Waals surface area contributed by atoms with Crippen LogP contribution < -0.4 is 10.6 Å². The minimum Gasteiger partial charge on any atom is -0.351 e. The van der Waals surface area contributed by atoms with Gasteiger partial charge in [0, 0.05) is 29.6 Å². The minimum atomic E-state index is -0.734. The summed E-state index contributed by atoms with van der Waals surface area (Å²) in [5.74, 6) is -0.741. The first-order valence-electron chi connectivity index (χ1n) is 11.6. The number of aryl methyl sites for hydroxylation is 2. The number of benzene rings is 1. The standard InChI is InChI=1S/C25H28N4O4S/c1-14-5-6-15(2)18(10-14)24(32)28-8-7-19-22(28)25(33)29-13-16(11-20(29)23(31)27-19)26-21(30)12-17-4-3-9-34-17/h3-6,9-10,16,19-20,22H,7-8,11-13H2,1-2H3,(H,26,30)(H,27,31)/t16-,19+,20+,22-/m0/s1. The highest BCUT2D eigenvalue weighted by molar-refractivity contribution is 7.10. The van der Waals surface area contributed by atoms with Crippen LogP contribution >= 0.6 is 11.3 Å². The zero-order chi connectivity index (χ0) is 24.0. The number of carbonyl (C=O) groups excluding carboxylic acids is 4. The molecular weight excluding hydrogens is 452 g/mol. The molecule has 2 N–H and O–H groups in total. The smallest absolute Gasteiger partial charge is 0.254 e. The Kier molecular flexibility index (Phi) is 5.89. The molecular formula is C25H28N4O4S. The van der Waals surface area contributed by atoms with Crippen LogP contribution in [-0.4, -0.2) is 70.7 Å². The molecule has 8 nitrogen and oxygen atoms in total. The maximum absolute atomic E-state index is 13.7. The molecule has 4 atom stereocenters. The second-order valence-corrected chi connectivity index (χ2v) is 10.5. The third-order valence-corrected chi connectivity index (χ3v) is 7.91. The first-order valence-corrected chi connectivity index (χ1v) is 12.5. The third-order valence-electron chi connectivity index (χ3n) is 7.03. The Morgan fingerprint density at radius 1 is 1.21 bits per heavy atom. The molecule has 0 bridgehead atoms. The fourth-order valence-electron chi connectivity index (χ4n) is 5.33. The number of hydrogen-bond acceptors (Lipinski definition) is 5. The van der Waals surface area contributed by atoms with E-state index < -0.39 is 18.1 Å². The Morgan fingerprint density at radius 2 is 2.03 bits per heavy atom. The topological polar surface area (TPSA) is 98.8 Å². The van der Waals surface area contributed by atoms with Crippen molar-refractivity contribution in [2.75, 3.05) is 13.1 Å². The van der Waals surface area contributed by atoms with E-state index in [0.29, 0.717) is 24.9 Å². The van der Waals surface area contributed by atoms with Gasteiger partial charge in [0.1, 0.15) is 12.1 Å². The SMILES string of the molecule is Cc1ccc(C)c(C(=O)N2CC[C@H]3NC(=O)[C@H]4C[C@H](NC(=O)Cc5cccs5)CN4C(=O)[C@H]32)c1. The summed E-state index contributed by atoms with van der Waals surface area (Å²) in [6.07, 6.45) is 1.19. The number of likely N-dealkylation sites (tertiary alicyclic amines) is 1. The van der Waals surface area contributed by atoms with Crippen LogP contribution in [0.25, 0.3) is 0 Å². The number of rotatable bonds is 4. The summed E-state index contributed by atoms with van der Waals surface area (Å²) in [7, 11) is 0. The molecule has 3 fully saturated rings. The lowest BCUT2D eigenvalue weighted by Gasteiger charge is -2.29. The molecule has 1 aromatic carbocycles. The number of carbonyl (C=O) groups is 4. The zero-order valence-corrected chi connectivity index (χ0v) is 20.1. The van der Waals surface area contributed by atoms with Crippen LogP contribution in [0.3, 0.4) is 0 Å². The molecule has 5 rings (SSSR count). The lowest BCUT2D eigenvalue weighted by atomic mass is 10.0. The Labute approximate surface area is 202 Å². The van der Waals surface area contributed by atoms with Gasteiger partial charge >= 0.3 is 0 Å². The summed E-state index contributed by atoms with van der Waals surface area (Å²) in [4.78, 5) is 56.7. The van der Waals surface area contributed by atoms with Gasteiger partial charge in [0.25, 0.3) is 5.91 Å². The van der Waals surface area contributed by atoms with Crippen LogP contribution in [0.2, 0.25) is 0 Å². The second-order valence-electron chi connectivity index (χ2n) is 9.43. The number of thiophene rings is 1. The number of amides is 4. The molecule has 3 aliphatic rings.